The first-order valence-electron chi connectivity index (χ1n) is 13.0. The zero-order chi connectivity index (χ0) is 29.8. The van der Waals surface area contributed by atoms with Gasteiger partial charge in [-0.25, -0.2) is 5.43 Å². The number of nitrogens with zero attached hydrogens (tertiary/aromatic N) is 1. The van der Waals surface area contributed by atoms with Gasteiger partial charge < -0.3 is 24.8 Å². The molecule has 3 amide bonds. The van der Waals surface area contributed by atoms with E-state index in [1.54, 1.807) is 36.4 Å². The van der Waals surface area contributed by atoms with E-state index >= 15 is 0 Å². The van der Waals surface area contributed by atoms with Crippen molar-refractivity contribution in [2.75, 3.05) is 30.5 Å². The van der Waals surface area contributed by atoms with Crippen LogP contribution in [0.5, 0.6) is 17.2 Å². The van der Waals surface area contributed by atoms with E-state index in [0.29, 0.717) is 51.9 Å². The van der Waals surface area contributed by atoms with Crippen molar-refractivity contribution in [1.29, 1.82) is 0 Å². The van der Waals surface area contributed by atoms with Gasteiger partial charge in [-0.15, -0.1) is 0 Å². The summed E-state index contributed by atoms with van der Waals surface area (Å²) in [6, 6.07) is 15.8. The van der Waals surface area contributed by atoms with Crippen molar-refractivity contribution in [3.63, 3.8) is 0 Å². The van der Waals surface area contributed by atoms with E-state index in [4.69, 9.17) is 14.2 Å². The molecule has 0 saturated carbocycles. The number of aryl methyl sites for hydroxylation is 2. The monoisotopic (exact) mass is 624 g/mol. The van der Waals surface area contributed by atoms with E-state index in [1.165, 1.54) is 6.21 Å². The summed E-state index contributed by atoms with van der Waals surface area (Å²) in [6.45, 7) is 8.44. The average molecular weight is 626 g/mol. The van der Waals surface area contributed by atoms with Crippen LogP contribution in [-0.2, 0) is 14.4 Å². The van der Waals surface area contributed by atoms with Crippen molar-refractivity contribution < 1.29 is 28.6 Å². The molecule has 41 heavy (non-hydrogen) atoms. The zero-order valence-corrected chi connectivity index (χ0v) is 25.0. The van der Waals surface area contributed by atoms with Crippen LogP contribution in [0.4, 0.5) is 11.4 Å². The molecule has 0 aliphatic rings. The van der Waals surface area contributed by atoms with Crippen LogP contribution in [0.1, 0.15) is 37.0 Å². The van der Waals surface area contributed by atoms with Crippen LogP contribution in [0.2, 0.25) is 0 Å². The predicted octanol–water partition coefficient (Wildman–Crippen LogP) is 5.36. The predicted molar refractivity (Wildman–Crippen MR) is 162 cm³/mol. The van der Waals surface area contributed by atoms with Gasteiger partial charge in [-0.3, -0.25) is 14.4 Å². The molecule has 0 bridgehead atoms. The second-order valence-corrected chi connectivity index (χ2v) is 9.86. The van der Waals surface area contributed by atoms with Gasteiger partial charge in [-0.2, -0.15) is 5.10 Å². The molecule has 0 atom stereocenters. The summed E-state index contributed by atoms with van der Waals surface area (Å²) < 4.78 is 17.5. The lowest BCUT2D eigenvalue weighted by atomic mass is 10.1. The number of hydrazone groups is 1. The van der Waals surface area contributed by atoms with Crippen LogP contribution in [-0.4, -0.2) is 43.8 Å². The molecule has 216 valence electrons. The van der Waals surface area contributed by atoms with Gasteiger partial charge in [0.25, 0.3) is 5.91 Å². The number of benzene rings is 3. The Kier molecular flexibility index (Phi) is 11.7. The minimum atomic E-state index is -0.938. The van der Waals surface area contributed by atoms with Gasteiger partial charge in [0.1, 0.15) is 5.75 Å². The number of halogens is 1. The first-order chi connectivity index (χ1) is 19.7. The van der Waals surface area contributed by atoms with Gasteiger partial charge >= 0.3 is 11.8 Å². The Labute approximate surface area is 247 Å². The van der Waals surface area contributed by atoms with E-state index in [2.05, 4.69) is 37.1 Å². The Morgan fingerprint density at radius 3 is 2.22 bits per heavy atom. The van der Waals surface area contributed by atoms with E-state index < -0.39 is 11.8 Å². The van der Waals surface area contributed by atoms with Crippen LogP contribution in [0.3, 0.4) is 0 Å². The van der Waals surface area contributed by atoms with Crippen LogP contribution in [0.15, 0.2) is 64.2 Å². The lowest BCUT2D eigenvalue weighted by molar-refractivity contribution is -0.136. The Balaban J connectivity index is 1.58. The molecule has 0 fully saturated rings. The number of hydrogen-bond acceptors (Lipinski definition) is 7. The maximum Gasteiger partial charge on any atom is 0.329 e. The zero-order valence-electron chi connectivity index (χ0n) is 23.4. The number of nitrogens with one attached hydrogen (secondary N) is 3. The third-order valence-electron chi connectivity index (χ3n) is 5.36. The molecule has 0 aliphatic heterocycles. The van der Waals surface area contributed by atoms with Crippen molar-refractivity contribution >= 4 is 51.2 Å². The Bertz CT molecular complexity index is 1390. The molecule has 0 aliphatic carbocycles. The molecule has 0 heterocycles. The molecule has 11 heteroatoms. The van der Waals surface area contributed by atoms with Gasteiger partial charge in [-0.1, -0.05) is 13.0 Å². The molecule has 0 spiro atoms. The van der Waals surface area contributed by atoms with Crippen molar-refractivity contribution in [3.05, 3.63) is 75.8 Å². The molecular formula is C30H33BrN4O6. The Hall–Kier alpha value is -4.38. The van der Waals surface area contributed by atoms with Crippen molar-refractivity contribution in [3.8, 4) is 17.2 Å². The van der Waals surface area contributed by atoms with Crippen molar-refractivity contribution in [1.82, 2.24) is 5.43 Å². The number of anilines is 2. The Morgan fingerprint density at radius 2 is 1.56 bits per heavy atom. The molecule has 0 saturated heterocycles. The van der Waals surface area contributed by atoms with E-state index in [1.807, 2.05) is 45.9 Å². The molecule has 3 aromatic carbocycles. The highest BCUT2D eigenvalue weighted by atomic mass is 79.9. The minimum Gasteiger partial charge on any atom is -0.494 e. The molecule has 3 N–H and O–H groups in total. The minimum absolute atomic E-state index is 0.237. The standard InChI is InChI=1S/C30H33BrN4O6/c1-5-11-40-24-9-7-22(8-10-24)34-29(37)30(38)35-32-17-21-15-25(31)28(26(16-21)39-6-2)41-18-27(36)33-23-13-19(3)12-20(4)14-23/h7-10,12-17H,5-6,11,18H2,1-4H3,(H,33,36)(H,34,37)(H,35,38)/b32-17-. The maximum absolute atomic E-state index is 12.5. The molecule has 3 aromatic rings. The molecule has 10 nitrogen and oxygen atoms in total. The van der Waals surface area contributed by atoms with E-state index in [-0.39, 0.29) is 12.5 Å². The van der Waals surface area contributed by atoms with Crippen LogP contribution < -0.4 is 30.3 Å². The summed E-state index contributed by atoms with van der Waals surface area (Å²) in [5.74, 6) is -0.743. The largest absolute Gasteiger partial charge is 0.494 e. The lowest BCUT2D eigenvalue weighted by Crippen LogP contribution is -2.32. The highest BCUT2D eigenvalue weighted by molar-refractivity contribution is 9.10. The number of amides is 3. The molecular weight excluding hydrogens is 592 g/mol. The van der Waals surface area contributed by atoms with Crippen LogP contribution in [0.25, 0.3) is 0 Å². The first-order valence-corrected chi connectivity index (χ1v) is 13.8. The average Bonchev–Trinajstić information content (AvgIpc) is 2.91. The van der Waals surface area contributed by atoms with E-state index in [9.17, 15) is 14.4 Å². The number of carbonyl (C=O) groups excluding carboxylic acids is 3. The third-order valence-corrected chi connectivity index (χ3v) is 5.94. The summed E-state index contributed by atoms with van der Waals surface area (Å²) in [6.07, 6.45) is 2.24. The summed E-state index contributed by atoms with van der Waals surface area (Å²) in [4.78, 5) is 36.9. The second kappa shape index (κ2) is 15.4. The molecule has 3 rings (SSSR count). The van der Waals surface area contributed by atoms with Gasteiger partial charge in [0.15, 0.2) is 18.1 Å². The quantitative estimate of drug-likeness (QED) is 0.141. The summed E-state index contributed by atoms with van der Waals surface area (Å²) in [7, 11) is 0. The highest BCUT2D eigenvalue weighted by Crippen LogP contribution is 2.36. The van der Waals surface area contributed by atoms with Crippen molar-refractivity contribution in [2.24, 2.45) is 5.10 Å². The normalized spacial score (nSPS) is 10.7. The lowest BCUT2D eigenvalue weighted by Gasteiger charge is -2.15. The number of rotatable bonds is 12. The SMILES string of the molecule is CCCOc1ccc(NC(=O)C(=O)N/N=C\c2cc(Br)c(OCC(=O)Nc3cc(C)cc(C)c3)c(OCC)c2)cc1. The van der Waals surface area contributed by atoms with Gasteiger partial charge in [-0.05, 0) is 108 Å². The number of hydrogen-bond donors (Lipinski definition) is 3. The summed E-state index contributed by atoms with van der Waals surface area (Å²) in [5, 5.41) is 9.20. The molecule has 0 unspecified atom stereocenters. The molecule has 0 aromatic heterocycles. The van der Waals surface area contributed by atoms with Gasteiger partial charge in [0.05, 0.1) is 23.9 Å². The highest BCUT2D eigenvalue weighted by Gasteiger charge is 2.15. The smallest absolute Gasteiger partial charge is 0.329 e. The fourth-order valence-corrected chi connectivity index (χ4v) is 4.28. The summed E-state index contributed by atoms with van der Waals surface area (Å²) in [5.41, 5.74) is 5.97. The fourth-order valence-electron chi connectivity index (χ4n) is 3.71. The topological polar surface area (TPSA) is 127 Å². The summed E-state index contributed by atoms with van der Waals surface area (Å²) >= 11 is 3.45. The number of carbonyl (C=O) groups is 3. The van der Waals surface area contributed by atoms with Gasteiger partial charge in [0, 0.05) is 11.4 Å². The van der Waals surface area contributed by atoms with Crippen LogP contribution >= 0.6 is 15.9 Å². The fraction of sp³-hybridized carbons (Fsp3) is 0.267. The van der Waals surface area contributed by atoms with Gasteiger partial charge in [0.2, 0.25) is 0 Å². The third kappa shape index (κ3) is 9.95. The molecule has 0 radical (unpaired) electrons. The maximum atomic E-state index is 12.5. The number of ether oxygens (including phenoxy) is 3. The first kappa shape index (κ1) is 31.2. The second-order valence-electron chi connectivity index (χ2n) is 9.00. The van der Waals surface area contributed by atoms with Crippen molar-refractivity contribution in [2.45, 2.75) is 34.1 Å². The Morgan fingerprint density at radius 1 is 0.854 bits per heavy atom. The van der Waals surface area contributed by atoms with Crippen LogP contribution in [0, 0.1) is 13.8 Å². The van der Waals surface area contributed by atoms with E-state index in [0.717, 1.165) is 17.5 Å².